The van der Waals surface area contributed by atoms with Crippen molar-refractivity contribution in [3.05, 3.63) is 0 Å². The molecule has 0 radical (unpaired) electrons. The minimum absolute atomic E-state index is 0.0386. The van der Waals surface area contributed by atoms with Crippen LogP contribution >= 0.6 is 0 Å². The highest BCUT2D eigenvalue weighted by Gasteiger charge is 2.32. The number of carbonyl (C=O) groups is 2. The summed E-state index contributed by atoms with van der Waals surface area (Å²) in [5, 5.41) is 2.66. The van der Waals surface area contributed by atoms with Gasteiger partial charge in [0.1, 0.15) is 6.04 Å². The maximum atomic E-state index is 12.2. The Bertz CT molecular complexity index is 475. The van der Waals surface area contributed by atoms with E-state index in [0.29, 0.717) is 0 Å². The van der Waals surface area contributed by atoms with E-state index in [-0.39, 0.29) is 36.3 Å². The zero-order chi connectivity index (χ0) is 16.2. The summed E-state index contributed by atoms with van der Waals surface area (Å²) < 4.78 is 27.9. The molecule has 122 valence electrons. The fourth-order valence-corrected chi connectivity index (χ4v) is 3.26. The highest BCUT2D eigenvalue weighted by Crippen LogP contribution is 2.09. The Morgan fingerprint density at radius 3 is 2.10 bits per heavy atom. The molecule has 1 N–H and O–H groups in total. The van der Waals surface area contributed by atoms with Crippen molar-refractivity contribution in [2.24, 2.45) is 5.92 Å². The average molecular weight is 320 g/mol. The van der Waals surface area contributed by atoms with Crippen LogP contribution in [0.2, 0.25) is 0 Å². The van der Waals surface area contributed by atoms with Crippen LogP contribution in [0.15, 0.2) is 0 Å². The van der Waals surface area contributed by atoms with Gasteiger partial charge >= 0.3 is 6.03 Å². The van der Waals surface area contributed by atoms with Crippen molar-refractivity contribution >= 4 is 21.7 Å². The largest absolute Gasteiger partial charge is 0.379 e. The Kier molecular flexibility index (Phi) is 6.15. The van der Waals surface area contributed by atoms with Crippen LogP contribution in [0.3, 0.4) is 0 Å². The van der Waals surface area contributed by atoms with E-state index in [2.05, 4.69) is 5.32 Å². The number of Topliss-reactive ketones (excluding diaryl/α,β-unsaturated/α-hetero) is 1. The summed E-state index contributed by atoms with van der Waals surface area (Å²) in [6.07, 6.45) is -0.447. The fraction of sp³-hybridized carbons (Fsp3) is 0.846. The standard InChI is InChI=1S/C13H24N2O5S/c1-9(2)12(16)11(10(3)20-4)14-13(17)15-5-7-21(18,19)8-6-15/h9-11H,5-8H2,1-4H3,(H,14,17)/t10?,11-/m0/s1. The van der Waals surface area contributed by atoms with Crippen molar-refractivity contribution in [2.75, 3.05) is 31.7 Å². The topological polar surface area (TPSA) is 92.8 Å². The normalized spacial score (nSPS) is 20.9. The van der Waals surface area contributed by atoms with Crippen molar-refractivity contribution in [3.8, 4) is 0 Å². The van der Waals surface area contributed by atoms with Gasteiger partial charge in [-0.25, -0.2) is 13.2 Å². The molecule has 1 fully saturated rings. The number of urea groups is 1. The van der Waals surface area contributed by atoms with E-state index in [9.17, 15) is 18.0 Å². The number of hydrogen-bond acceptors (Lipinski definition) is 5. The number of rotatable bonds is 5. The number of ether oxygens (including phenoxy) is 1. The van der Waals surface area contributed by atoms with E-state index >= 15 is 0 Å². The molecular weight excluding hydrogens is 296 g/mol. The summed E-state index contributed by atoms with van der Waals surface area (Å²) in [6, 6.07) is -1.16. The van der Waals surface area contributed by atoms with Crippen LogP contribution in [0.4, 0.5) is 4.79 Å². The zero-order valence-corrected chi connectivity index (χ0v) is 13.8. The van der Waals surface area contributed by atoms with Crippen LogP contribution in [0, 0.1) is 5.92 Å². The predicted octanol–water partition coefficient (Wildman–Crippen LogP) is 0.0550. The molecule has 0 aliphatic carbocycles. The Hall–Kier alpha value is -1.15. The number of sulfone groups is 1. The molecule has 0 spiro atoms. The van der Waals surface area contributed by atoms with Crippen molar-refractivity contribution in [1.29, 1.82) is 0 Å². The predicted molar refractivity (Wildman–Crippen MR) is 78.9 cm³/mol. The van der Waals surface area contributed by atoms with Gasteiger partial charge in [0.05, 0.1) is 17.6 Å². The molecule has 1 aliphatic rings. The van der Waals surface area contributed by atoms with Crippen LogP contribution in [-0.4, -0.2) is 69.0 Å². The van der Waals surface area contributed by atoms with E-state index in [0.717, 1.165) is 0 Å². The van der Waals surface area contributed by atoms with Gasteiger partial charge in [0.25, 0.3) is 0 Å². The Labute approximate surface area is 125 Å². The molecule has 1 saturated heterocycles. The summed E-state index contributed by atoms with van der Waals surface area (Å²) >= 11 is 0. The molecule has 0 aromatic carbocycles. The third-order valence-electron chi connectivity index (χ3n) is 3.63. The van der Waals surface area contributed by atoms with Crippen LogP contribution in [0.25, 0.3) is 0 Å². The number of ketones is 1. The molecular formula is C13H24N2O5S. The fourth-order valence-electron chi connectivity index (χ4n) is 2.05. The first kappa shape index (κ1) is 17.9. The summed E-state index contributed by atoms with van der Waals surface area (Å²) in [5.74, 6) is -0.413. The number of carbonyl (C=O) groups excluding carboxylic acids is 2. The van der Waals surface area contributed by atoms with Crippen LogP contribution < -0.4 is 5.32 Å². The van der Waals surface area contributed by atoms with E-state index < -0.39 is 28.0 Å². The van der Waals surface area contributed by atoms with Gasteiger partial charge in [-0.1, -0.05) is 13.8 Å². The van der Waals surface area contributed by atoms with E-state index in [4.69, 9.17) is 4.74 Å². The average Bonchev–Trinajstić information content (AvgIpc) is 2.42. The van der Waals surface area contributed by atoms with Gasteiger partial charge in [0, 0.05) is 26.1 Å². The van der Waals surface area contributed by atoms with Crippen molar-refractivity contribution in [2.45, 2.75) is 32.9 Å². The number of hydrogen-bond donors (Lipinski definition) is 1. The quantitative estimate of drug-likeness (QED) is 0.773. The van der Waals surface area contributed by atoms with Crippen LogP contribution in [0.5, 0.6) is 0 Å². The molecule has 2 amide bonds. The lowest BCUT2D eigenvalue weighted by Gasteiger charge is -2.31. The summed E-state index contributed by atoms with van der Waals surface area (Å²) in [4.78, 5) is 25.8. The molecule has 1 rings (SSSR count). The van der Waals surface area contributed by atoms with E-state index in [1.165, 1.54) is 12.0 Å². The summed E-state index contributed by atoms with van der Waals surface area (Å²) in [7, 11) is -1.56. The SMILES string of the molecule is COC(C)[C@H](NC(=O)N1CCS(=O)(=O)CC1)C(=O)C(C)C. The van der Waals surface area contributed by atoms with Gasteiger partial charge in [0.15, 0.2) is 15.6 Å². The van der Waals surface area contributed by atoms with E-state index in [1.807, 2.05) is 0 Å². The Morgan fingerprint density at radius 1 is 1.14 bits per heavy atom. The van der Waals surface area contributed by atoms with Gasteiger partial charge in [-0.15, -0.1) is 0 Å². The molecule has 21 heavy (non-hydrogen) atoms. The van der Waals surface area contributed by atoms with Gasteiger partial charge in [-0.2, -0.15) is 0 Å². The molecule has 0 aromatic rings. The maximum absolute atomic E-state index is 12.2. The molecule has 7 nitrogen and oxygen atoms in total. The number of methoxy groups -OCH3 is 1. The third kappa shape index (κ3) is 4.96. The van der Waals surface area contributed by atoms with Gasteiger partial charge in [0.2, 0.25) is 0 Å². The number of nitrogens with one attached hydrogen (secondary N) is 1. The highest BCUT2D eigenvalue weighted by molar-refractivity contribution is 7.91. The number of amides is 2. The van der Waals surface area contributed by atoms with Crippen molar-refractivity contribution in [1.82, 2.24) is 10.2 Å². The Morgan fingerprint density at radius 2 is 1.67 bits per heavy atom. The second-order valence-electron chi connectivity index (χ2n) is 5.56. The van der Waals surface area contributed by atoms with Crippen molar-refractivity contribution < 1.29 is 22.7 Å². The molecule has 8 heteroatoms. The summed E-state index contributed by atoms with van der Waals surface area (Å²) in [5.41, 5.74) is 0. The maximum Gasteiger partial charge on any atom is 0.318 e. The Balaban J connectivity index is 2.71. The third-order valence-corrected chi connectivity index (χ3v) is 5.24. The number of nitrogens with zero attached hydrogens (tertiary/aromatic N) is 1. The first-order chi connectivity index (χ1) is 9.68. The molecule has 1 unspecified atom stereocenters. The minimum atomic E-state index is -3.04. The van der Waals surface area contributed by atoms with Crippen LogP contribution in [-0.2, 0) is 19.4 Å². The first-order valence-electron chi connectivity index (χ1n) is 7.00. The molecule has 0 bridgehead atoms. The second-order valence-corrected chi connectivity index (χ2v) is 7.87. The second kappa shape index (κ2) is 7.22. The smallest absolute Gasteiger partial charge is 0.318 e. The molecule has 0 saturated carbocycles. The monoisotopic (exact) mass is 320 g/mol. The lowest BCUT2D eigenvalue weighted by molar-refractivity contribution is -0.126. The summed E-state index contributed by atoms with van der Waals surface area (Å²) in [6.45, 7) is 5.54. The molecule has 2 atom stereocenters. The van der Waals surface area contributed by atoms with E-state index in [1.54, 1.807) is 20.8 Å². The lowest BCUT2D eigenvalue weighted by Crippen LogP contribution is -2.56. The highest BCUT2D eigenvalue weighted by atomic mass is 32.2. The van der Waals surface area contributed by atoms with Crippen LogP contribution in [0.1, 0.15) is 20.8 Å². The van der Waals surface area contributed by atoms with Gasteiger partial charge in [-0.05, 0) is 6.92 Å². The molecule has 1 heterocycles. The molecule has 0 aromatic heterocycles. The first-order valence-corrected chi connectivity index (χ1v) is 8.82. The molecule has 1 aliphatic heterocycles. The van der Waals surface area contributed by atoms with Gasteiger partial charge in [-0.3, -0.25) is 4.79 Å². The lowest BCUT2D eigenvalue weighted by atomic mass is 9.98. The van der Waals surface area contributed by atoms with Gasteiger partial charge < -0.3 is 15.0 Å². The zero-order valence-electron chi connectivity index (χ0n) is 13.0. The minimum Gasteiger partial charge on any atom is -0.379 e. The van der Waals surface area contributed by atoms with Crippen molar-refractivity contribution in [3.63, 3.8) is 0 Å².